The molecule has 0 bridgehead atoms. The molecule has 10 heteroatoms. The Morgan fingerprint density at radius 3 is 2.56 bits per heavy atom. The van der Waals surface area contributed by atoms with Crippen LogP contribution in [0.2, 0.25) is 0 Å². The van der Waals surface area contributed by atoms with Crippen LogP contribution >= 0.6 is 0 Å². The molecule has 1 unspecified atom stereocenters. The van der Waals surface area contributed by atoms with Crippen molar-refractivity contribution in [2.75, 3.05) is 25.0 Å². The summed E-state index contributed by atoms with van der Waals surface area (Å²) >= 11 is 0. The molecule has 2 aliphatic rings. The van der Waals surface area contributed by atoms with E-state index in [9.17, 15) is 19.5 Å². The first-order valence-corrected chi connectivity index (χ1v) is 11.6. The first kappa shape index (κ1) is 24.0. The Morgan fingerprint density at radius 2 is 1.97 bits per heavy atom. The molecule has 2 atom stereocenters. The number of aromatic carboxylic acids is 1. The quantitative estimate of drug-likeness (QED) is 0.705. The van der Waals surface area contributed by atoms with Crippen molar-refractivity contribution < 1.29 is 23.8 Å². The summed E-state index contributed by atoms with van der Waals surface area (Å²) in [5.41, 5.74) is -1.41. The number of hydrogen-bond acceptors (Lipinski definition) is 6. The Morgan fingerprint density at radius 1 is 1.29 bits per heavy atom. The number of carboxylic acids is 1. The van der Waals surface area contributed by atoms with E-state index in [1.54, 1.807) is 16.5 Å². The number of carbonyl (C=O) groups excluding carboxylic acids is 1. The number of amides is 1. The first-order chi connectivity index (χ1) is 15.9. The van der Waals surface area contributed by atoms with Crippen molar-refractivity contribution in [2.45, 2.75) is 64.6 Å². The lowest BCUT2D eigenvalue weighted by Gasteiger charge is -2.32. The maximum Gasteiger partial charge on any atom is 0.410 e. The molecule has 1 amide bonds. The molecule has 1 saturated carbocycles. The van der Waals surface area contributed by atoms with E-state index in [0.29, 0.717) is 18.7 Å². The molecule has 4 rings (SSSR count). The van der Waals surface area contributed by atoms with Gasteiger partial charge in [-0.3, -0.25) is 4.79 Å². The van der Waals surface area contributed by atoms with Crippen LogP contribution in [0.4, 0.5) is 15.0 Å². The van der Waals surface area contributed by atoms with E-state index in [2.05, 4.69) is 4.98 Å². The first-order valence-electron chi connectivity index (χ1n) is 11.6. The van der Waals surface area contributed by atoms with Crippen LogP contribution in [0.25, 0.3) is 11.0 Å². The molecule has 0 spiro atoms. The number of halogens is 1. The summed E-state index contributed by atoms with van der Waals surface area (Å²) in [6.45, 7) is 8.43. The van der Waals surface area contributed by atoms with Crippen LogP contribution in [0.5, 0.6) is 0 Å². The van der Waals surface area contributed by atoms with E-state index < -0.39 is 28.9 Å². The molecular formula is C24H31FN4O5. The number of carbonyl (C=O) groups is 2. The number of carboxylic acid groups (broad SMARTS) is 1. The van der Waals surface area contributed by atoms with E-state index in [-0.39, 0.29) is 34.8 Å². The van der Waals surface area contributed by atoms with Gasteiger partial charge in [-0.05, 0) is 58.9 Å². The molecule has 0 aromatic carbocycles. The van der Waals surface area contributed by atoms with Gasteiger partial charge in [-0.1, -0.05) is 0 Å². The lowest BCUT2D eigenvalue weighted by atomic mass is 10.00. The largest absolute Gasteiger partial charge is 0.477 e. The molecule has 2 aromatic heterocycles. The minimum absolute atomic E-state index is 0.0261. The van der Waals surface area contributed by atoms with E-state index >= 15 is 4.39 Å². The molecule has 1 aliphatic heterocycles. The molecule has 2 aromatic rings. The molecule has 184 valence electrons. The lowest BCUT2D eigenvalue weighted by molar-refractivity contribution is 0.0192. The summed E-state index contributed by atoms with van der Waals surface area (Å²) in [6, 6.07) is 1.03. The smallest absolute Gasteiger partial charge is 0.410 e. The van der Waals surface area contributed by atoms with Gasteiger partial charge in [0, 0.05) is 38.4 Å². The van der Waals surface area contributed by atoms with Crippen LogP contribution in [-0.2, 0) is 4.74 Å². The molecule has 1 N–H and O–H groups in total. The van der Waals surface area contributed by atoms with Gasteiger partial charge >= 0.3 is 12.1 Å². The van der Waals surface area contributed by atoms with E-state index in [1.165, 1.54) is 6.20 Å². The maximum atomic E-state index is 15.1. The van der Waals surface area contributed by atoms with Gasteiger partial charge in [-0.15, -0.1) is 0 Å². The fraction of sp³-hybridized carbons (Fsp3) is 0.583. The van der Waals surface area contributed by atoms with Gasteiger partial charge in [0.2, 0.25) is 5.43 Å². The van der Waals surface area contributed by atoms with Gasteiger partial charge in [0.05, 0.1) is 5.39 Å². The number of ether oxygens (including phenoxy) is 1. The third-order valence-corrected chi connectivity index (χ3v) is 6.61. The normalized spacial score (nSPS) is 19.4. The van der Waals surface area contributed by atoms with Gasteiger partial charge < -0.3 is 24.2 Å². The van der Waals surface area contributed by atoms with Crippen molar-refractivity contribution in [3.05, 3.63) is 33.9 Å². The van der Waals surface area contributed by atoms with Crippen LogP contribution < -0.4 is 10.3 Å². The second kappa shape index (κ2) is 8.56. The van der Waals surface area contributed by atoms with Crippen LogP contribution in [0.15, 0.2) is 17.1 Å². The summed E-state index contributed by atoms with van der Waals surface area (Å²) in [5, 5.41) is 9.38. The fourth-order valence-corrected chi connectivity index (χ4v) is 4.43. The Kier molecular flexibility index (Phi) is 6.03. The van der Waals surface area contributed by atoms with Crippen LogP contribution in [0.3, 0.4) is 0 Å². The van der Waals surface area contributed by atoms with Gasteiger partial charge in [0.1, 0.15) is 16.8 Å². The van der Waals surface area contributed by atoms with Gasteiger partial charge in [0.25, 0.3) is 0 Å². The summed E-state index contributed by atoms with van der Waals surface area (Å²) in [5.74, 6) is -1.78. The predicted octanol–water partition coefficient (Wildman–Crippen LogP) is 3.65. The Bertz CT molecular complexity index is 1200. The fourth-order valence-electron chi connectivity index (χ4n) is 4.43. The van der Waals surface area contributed by atoms with E-state index in [4.69, 9.17) is 4.74 Å². The second-order valence-corrected chi connectivity index (χ2v) is 10.3. The maximum absolute atomic E-state index is 15.1. The second-order valence-electron chi connectivity index (χ2n) is 10.3. The Balaban J connectivity index is 1.61. The van der Waals surface area contributed by atoms with Crippen LogP contribution in [-0.4, -0.2) is 63.4 Å². The minimum Gasteiger partial charge on any atom is -0.477 e. The number of anilines is 1. The minimum atomic E-state index is -1.34. The highest BCUT2D eigenvalue weighted by Gasteiger charge is 2.35. The number of aromatic nitrogens is 2. The SMILES string of the molecule is C[C@H](C1CCN(c2nc3c(cc2F)c(=O)c(C(=O)O)cn3C2CC2)C1)N(C)C(=O)OC(C)(C)C. The molecule has 1 aliphatic carbocycles. The van der Waals surface area contributed by atoms with Crippen molar-refractivity contribution in [3.63, 3.8) is 0 Å². The van der Waals surface area contributed by atoms with Gasteiger partial charge in [0.15, 0.2) is 11.6 Å². The third-order valence-electron chi connectivity index (χ3n) is 6.61. The molecule has 3 heterocycles. The van der Waals surface area contributed by atoms with Crippen LogP contribution in [0.1, 0.15) is 63.4 Å². The molecular weight excluding hydrogens is 443 g/mol. The zero-order chi connectivity index (χ0) is 24.9. The lowest BCUT2D eigenvalue weighted by Crippen LogP contribution is -2.43. The molecule has 1 saturated heterocycles. The average Bonchev–Trinajstić information content (AvgIpc) is 3.47. The topological polar surface area (TPSA) is 105 Å². The Hall–Kier alpha value is -3.17. The van der Waals surface area contributed by atoms with Crippen molar-refractivity contribution in [3.8, 4) is 0 Å². The summed E-state index contributed by atoms with van der Waals surface area (Å²) in [4.78, 5) is 44.6. The molecule has 34 heavy (non-hydrogen) atoms. The highest BCUT2D eigenvalue weighted by atomic mass is 19.1. The zero-order valence-corrected chi connectivity index (χ0v) is 20.2. The number of rotatable bonds is 5. The highest BCUT2D eigenvalue weighted by Crippen LogP contribution is 2.37. The van der Waals surface area contributed by atoms with Crippen LogP contribution in [0, 0.1) is 11.7 Å². The zero-order valence-electron chi connectivity index (χ0n) is 20.2. The number of hydrogen-bond donors (Lipinski definition) is 1. The predicted molar refractivity (Wildman–Crippen MR) is 125 cm³/mol. The van der Waals surface area contributed by atoms with Gasteiger partial charge in [-0.25, -0.2) is 19.0 Å². The number of fused-ring (bicyclic) bond motifs is 1. The average molecular weight is 475 g/mol. The summed E-state index contributed by atoms with van der Waals surface area (Å²) < 4.78 is 22.3. The number of pyridine rings is 2. The van der Waals surface area contributed by atoms with Crippen molar-refractivity contribution in [1.82, 2.24) is 14.5 Å². The summed E-state index contributed by atoms with van der Waals surface area (Å²) in [7, 11) is 1.70. The Labute approximate surface area is 197 Å². The van der Waals surface area contributed by atoms with Crippen molar-refractivity contribution >= 4 is 28.9 Å². The summed E-state index contributed by atoms with van der Waals surface area (Å²) in [6.07, 6.45) is 3.36. The molecule has 2 fully saturated rings. The molecule has 9 nitrogen and oxygen atoms in total. The monoisotopic (exact) mass is 474 g/mol. The standard InChI is InChI=1S/C24H31FN4O5/c1-13(27(5)23(33)34-24(2,3)4)14-8-9-28(11-14)21-18(25)10-16-19(30)17(22(31)32)12-29(15-6-7-15)20(16)26-21/h10,12-15H,6-9,11H2,1-5H3,(H,31,32)/t13-,14?/m1/s1. The third kappa shape index (κ3) is 4.58. The van der Waals surface area contributed by atoms with E-state index in [0.717, 1.165) is 25.3 Å². The van der Waals surface area contributed by atoms with E-state index in [1.807, 2.05) is 32.6 Å². The van der Waals surface area contributed by atoms with Crippen molar-refractivity contribution in [1.29, 1.82) is 0 Å². The van der Waals surface area contributed by atoms with Gasteiger partial charge in [-0.2, -0.15) is 0 Å². The molecule has 0 radical (unpaired) electrons. The highest BCUT2D eigenvalue weighted by molar-refractivity contribution is 5.92. The van der Waals surface area contributed by atoms with Crippen molar-refractivity contribution in [2.24, 2.45) is 5.92 Å². The number of nitrogens with zero attached hydrogens (tertiary/aromatic N) is 4.